The van der Waals surface area contributed by atoms with E-state index in [0.717, 1.165) is 5.56 Å². The van der Waals surface area contributed by atoms with Gasteiger partial charge in [0.15, 0.2) is 0 Å². The molecule has 0 radical (unpaired) electrons. The lowest BCUT2D eigenvalue weighted by atomic mass is 10.2. The summed E-state index contributed by atoms with van der Waals surface area (Å²) in [4.78, 5) is 10.4. The van der Waals surface area contributed by atoms with Crippen molar-refractivity contribution in [2.75, 3.05) is 20.0 Å². The van der Waals surface area contributed by atoms with Gasteiger partial charge in [-0.05, 0) is 5.56 Å². The topological polar surface area (TPSA) is 44.8 Å². The third kappa shape index (κ3) is 6.16. The first kappa shape index (κ1) is 12.7. The molecule has 1 rings (SSSR count). The van der Waals surface area contributed by atoms with Gasteiger partial charge in [-0.1, -0.05) is 30.3 Å². The molecule has 16 heavy (non-hydrogen) atoms. The molecule has 0 aliphatic carbocycles. The van der Waals surface area contributed by atoms with E-state index < -0.39 is 0 Å². The molecule has 0 atom stereocenters. The molecule has 0 aromatic heterocycles. The summed E-state index contributed by atoms with van der Waals surface area (Å²) in [6, 6.07) is 9.84. The van der Waals surface area contributed by atoms with Gasteiger partial charge in [0.25, 0.3) is 0 Å². The van der Waals surface area contributed by atoms with Crippen LogP contribution in [0.25, 0.3) is 0 Å². The number of hydrogen-bond donors (Lipinski definition) is 0. The quantitative estimate of drug-likeness (QED) is 0.402. The predicted octanol–water partition coefficient (Wildman–Crippen LogP) is 1.74. The molecule has 0 spiro atoms. The lowest BCUT2D eigenvalue weighted by Crippen LogP contribution is -2.09. The van der Waals surface area contributed by atoms with Gasteiger partial charge in [-0.15, -0.1) is 0 Å². The smallest absolute Gasteiger partial charge is 0.302 e. The zero-order chi connectivity index (χ0) is 11.6. The number of ether oxygens (including phenoxy) is 3. The highest BCUT2D eigenvalue weighted by Gasteiger charge is 1.94. The van der Waals surface area contributed by atoms with Crippen LogP contribution in [0.5, 0.6) is 0 Å². The molecule has 0 fully saturated rings. The maximum absolute atomic E-state index is 10.4. The summed E-state index contributed by atoms with van der Waals surface area (Å²) < 4.78 is 15.1. The summed E-state index contributed by atoms with van der Waals surface area (Å²) in [6.45, 7) is 2.72. The monoisotopic (exact) mass is 224 g/mol. The molecular weight excluding hydrogens is 208 g/mol. The Morgan fingerprint density at radius 1 is 1.12 bits per heavy atom. The second-order valence-corrected chi connectivity index (χ2v) is 3.20. The van der Waals surface area contributed by atoms with Gasteiger partial charge in [0.2, 0.25) is 0 Å². The molecule has 4 nitrogen and oxygen atoms in total. The van der Waals surface area contributed by atoms with Crippen molar-refractivity contribution in [1.29, 1.82) is 0 Å². The summed E-state index contributed by atoms with van der Waals surface area (Å²) in [6.07, 6.45) is 0. The number of carbonyl (C=O) groups excluding carboxylic acids is 1. The number of rotatable bonds is 7. The standard InChI is InChI=1S/C12H16O4/c1-11(13)16-8-7-14-10-15-9-12-5-3-2-4-6-12/h2-6H,7-10H2,1H3. The number of carbonyl (C=O) groups is 1. The molecule has 4 heteroatoms. The van der Waals surface area contributed by atoms with Gasteiger partial charge in [0.05, 0.1) is 13.2 Å². The maximum Gasteiger partial charge on any atom is 0.302 e. The number of benzene rings is 1. The van der Waals surface area contributed by atoms with Crippen LogP contribution in [0.4, 0.5) is 0 Å². The van der Waals surface area contributed by atoms with Crippen molar-refractivity contribution in [3.05, 3.63) is 35.9 Å². The Hall–Kier alpha value is -1.39. The minimum absolute atomic E-state index is 0.205. The van der Waals surface area contributed by atoms with E-state index in [2.05, 4.69) is 4.74 Å². The van der Waals surface area contributed by atoms with Crippen LogP contribution in [0.15, 0.2) is 30.3 Å². The van der Waals surface area contributed by atoms with Crippen molar-refractivity contribution in [2.45, 2.75) is 13.5 Å². The second kappa shape index (κ2) is 7.84. The summed E-state index contributed by atoms with van der Waals surface area (Å²) in [5.74, 6) is -0.297. The van der Waals surface area contributed by atoms with Crippen molar-refractivity contribution < 1.29 is 19.0 Å². The van der Waals surface area contributed by atoms with E-state index in [1.807, 2.05) is 30.3 Å². The van der Waals surface area contributed by atoms with Gasteiger partial charge in [-0.3, -0.25) is 4.79 Å². The van der Waals surface area contributed by atoms with E-state index in [0.29, 0.717) is 13.2 Å². The number of hydrogen-bond acceptors (Lipinski definition) is 4. The van der Waals surface area contributed by atoms with Crippen LogP contribution in [0, 0.1) is 0 Å². The first-order chi connectivity index (χ1) is 7.79. The Bertz CT molecular complexity index is 297. The van der Waals surface area contributed by atoms with E-state index in [-0.39, 0.29) is 19.4 Å². The van der Waals surface area contributed by atoms with Crippen LogP contribution in [0.3, 0.4) is 0 Å². The van der Waals surface area contributed by atoms with Crippen molar-refractivity contribution in [2.24, 2.45) is 0 Å². The van der Waals surface area contributed by atoms with E-state index in [1.54, 1.807) is 0 Å². The van der Waals surface area contributed by atoms with Crippen molar-refractivity contribution in [1.82, 2.24) is 0 Å². The first-order valence-corrected chi connectivity index (χ1v) is 5.12. The molecule has 1 aromatic rings. The molecule has 0 aliphatic rings. The summed E-state index contributed by atoms with van der Waals surface area (Å²) in [5.41, 5.74) is 1.10. The molecule has 0 amide bonds. The molecule has 0 heterocycles. The molecule has 0 N–H and O–H groups in total. The van der Waals surface area contributed by atoms with E-state index in [9.17, 15) is 4.79 Å². The first-order valence-electron chi connectivity index (χ1n) is 5.12. The molecular formula is C12H16O4. The molecule has 0 unspecified atom stereocenters. The molecule has 1 aromatic carbocycles. The summed E-state index contributed by atoms with van der Waals surface area (Å²) >= 11 is 0. The Morgan fingerprint density at radius 2 is 1.88 bits per heavy atom. The Balaban J connectivity index is 1.94. The fourth-order valence-electron chi connectivity index (χ4n) is 1.10. The van der Waals surface area contributed by atoms with Crippen LogP contribution >= 0.6 is 0 Å². The van der Waals surface area contributed by atoms with E-state index >= 15 is 0 Å². The largest absolute Gasteiger partial charge is 0.463 e. The van der Waals surface area contributed by atoms with Gasteiger partial charge in [0, 0.05) is 6.92 Å². The zero-order valence-corrected chi connectivity index (χ0v) is 9.35. The van der Waals surface area contributed by atoms with Gasteiger partial charge in [0.1, 0.15) is 13.4 Å². The molecule has 0 saturated heterocycles. The van der Waals surface area contributed by atoms with Gasteiger partial charge in [-0.2, -0.15) is 0 Å². The zero-order valence-electron chi connectivity index (χ0n) is 9.35. The summed E-state index contributed by atoms with van der Waals surface area (Å²) in [7, 11) is 0. The van der Waals surface area contributed by atoms with Gasteiger partial charge < -0.3 is 14.2 Å². The third-order valence-corrected chi connectivity index (χ3v) is 1.81. The SMILES string of the molecule is CC(=O)OCCOCOCc1ccccc1. The Kier molecular flexibility index (Phi) is 6.22. The highest BCUT2D eigenvalue weighted by molar-refractivity contribution is 5.65. The third-order valence-electron chi connectivity index (χ3n) is 1.81. The molecule has 0 saturated carbocycles. The van der Waals surface area contributed by atoms with E-state index in [4.69, 9.17) is 9.47 Å². The lowest BCUT2D eigenvalue weighted by molar-refractivity contribution is -0.144. The highest BCUT2D eigenvalue weighted by atomic mass is 16.7. The molecule has 0 aliphatic heterocycles. The summed E-state index contributed by atoms with van der Waals surface area (Å²) in [5, 5.41) is 0. The average molecular weight is 224 g/mol. The van der Waals surface area contributed by atoms with Gasteiger partial charge in [-0.25, -0.2) is 0 Å². The van der Waals surface area contributed by atoms with Crippen LogP contribution in [-0.4, -0.2) is 26.0 Å². The fourth-order valence-corrected chi connectivity index (χ4v) is 1.10. The normalized spacial score (nSPS) is 10.1. The van der Waals surface area contributed by atoms with Crippen LogP contribution < -0.4 is 0 Å². The second-order valence-electron chi connectivity index (χ2n) is 3.20. The lowest BCUT2D eigenvalue weighted by Gasteiger charge is -2.05. The molecule has 88 valence electrons. The van der Waals surface area contributed by atoms with Crippen LogP contribution in [-0.2, 0) is 25.6 Å². The minimum Gasteiger partial charge on any atom is -0.463 e. The van der Waals surface area contributed by atoms with E-state index in [1.165, 1.54) is 6.92 Å². The van der Waals surface area contributed by atoms with Crippen molar-refractivity contribution >= 4 is 5.97 Å². The Labute approximate surface area is 95.1 Å². The number of esters is 1. The predicted molar refractivity (Wildman–Crippen MR) is 58.7 cm³/mol. The van der Waals surface area contributed by atoms with Gasteiger partial charge >= 0.3 is 5.97 Å². The Morgan fingerprint density at radius 3 is 2.56 bits per heavy atom. The maximum atomic E-state index is 10.4. The van der Waals surface area contributed by atoms with Crippen LogP contribution in [0.1, 0.15) is 12.5 Å². The van der Waals surface area contributed by atoms with Crippen molar-refractivity contribution in [3.8, 4) is 0 Å². The van der Waals surface area contributed by atoms with Crippen molar-refractivity contribution in [3.63, 3.8) is 0 Å². The average Bonchev–Trinajstić information content (AvgIpc) is 2.29. The van der Waals surface area contributed by atoms with Crippen LogP contribution in [0.2, 0.25) is 0 Å². The molecule has 0 bridgehead atoms. The highest BCUT2D eigenvalue weighted by Crippen LogP contribution is 1.99. The fraction of sp³-hybridized carbons (Fsp3) is 0.417. The minimum atomic E-state index is -0.297.